The number of carbonyl (C=O) groups excluding carboxylic acids is 2. The zero-order valence-electron chi connectivity index (χ0n) is 10.6. The summed E-state index contributed by atoms with van der Waals surface area (Å²) in [6, 6.07) is 1.56. The van der Waals surface area contributed by atoms with E-state index in [1.165, 1.54) is 11.3 Å². The van der Waals surface area contributed by atoms with Crippen LogP contribution in [-0.2, 0) is 14.3 Å². The van der Waals surface area contributed by atoms with Crippen LogP contribution in [0.3, 0.4) is 0 Å². The number of thiophene rings is 1. The van der Waals surface area contributed by atoms with Gasteiger partial charge in [-0.25, -0.2) is 4.79 Å². The highest BCUT2D eigenvalue weighted by Crippen LogP contribution is 2.24. The largest absolute Gasteiger partial charge is 0.481 e. The molecule has 0 aliphatic rings. The van der Waals surface area contributed by atoms with Crippen LogP contribution in [-0.4, -0.2) is 29.1 Å². The lowest BCUT2D eigenvalue weighted by Crippen LogP contribution is -2.16. The van der Waals surface area contributed by atoms with E-state index in [-0.39, 0.29) is 24.5 Å². The first kappa shape index (κ1) is 15.2. The van der Waals surface area contributed by atoms with Gasteiger partial charge in [0.05, 0.1) is 18.1 Å². The van der Waals surface area contributed by atoms with Crippen molar-refractivity contribution in [3.63, 3.8) is 0 Å². The fraction of sp³-hybridized carbons (Fsp3) is 0.417. The molecule has 7 heteroatoms. The van der Waals surface area contributed by atoms with Gasteiger partial charge in [-0.2, -0.15) is 0 Å². The van der Waals surface area contributed by atoms with Gasteiger partial charge in [-0.3, -0.25) is 9.59 Å². The molecule has 6 nitrogen and oxygen atoms in total. The summed E-state index contributed by atoms with van der Waals surface area (Å²) in [5, 5.41) is 13.0. The molecule has 1 rings (SSSR count). The number of nitrogens with one attached hydrogen (secondary N) is 1. The Morgan fingerprint density at radius 1 is 1.37 bits per heavy atom. The van der Waals surface area contributed by atoms with Crippen LogP contribution >= 0.6 is 11.3 Å². The van der Waals surface area contributed by atoms with Crippen molar-refractivity contribution in [3.8, 4) is 0 Å². The summed E-state index contributed by atoms with van der Waals surface area (Å²) < 4.78 is 5.04. The molecule has 0 saturated carbocycles. The first-order valence-corrected chi connectivity index (χ1v) is 6.58. The molecule has 0 bridgehead atoms. The highest BCUT2D eigenvalue weighted by Gasteiger charge is 2.17. The molecule has 0 atom stereocenters. The lowest BCUT2D eigenvalue weighted by atomic mass is 10.3. The van der Waals surface area contributed by atoms with Gasteiger partial charge in [0.25, 0.3) is 0 Å². The molecule has 0 fully saturated rings. The van der Waals surface area contributed by atoms with Crippen LogP contribution in [0.2, 0.25) is 0 Å². The number of carboxylic acids is 1. The molecule has 0 aliphatic heterocycles. The molecule has 0 aliphatic carbocycles. The fourth-order valence-electron chi connectivity index (χ4n) is 1.25. The smallest absolute Gasteiger partial charge is 0.341 e. The molecule has 0 spiro atoms. The van der Waals surface area contributed by atoms with Crippen LogP contribution in [0.1, 0.15) is 37.0 Å². The number of amides is 1. The second-order valence-electron chi connectivity index (χ2n) is 4.06. The highest BCUT2D eigenvalue weighted by molar-refractivity contribution is 7.14. The number of carbonyl (C=O) groups is 3. The number of rotatable bonds is 6. The zero-order valence-corrected chi connectivity index (χ0v) is 11.5. The zero-order chi connectivity index (χ0) is 14.4. The Bertz CT molecular complexity index is 480. The number of hydrogen-bond donors (Lipinski definition) is 2. The first-order chi connectivity index (χ1) is 8.90. The third-order valence-corrected chi connectivity index (χ3v) is 2.88. The molecule has 104 valence electrons. The molecule has 0 unspecified atom stereocenters. The van der Waals surface area contributed by atoms with Crippen molar-refractivity contribution in [2.45, 2.75) is 32.8 Å². The Hall–Kier alpha value is -1.89. The van der Waals surface area contributed by atoms with Crippen molar-refractivity contribution in [1.82, 2.24) is 0 Å². The van der Waals surface area contributed by atoms with Crippen molar-refractivity contribution in [1.29, 1.82) is 0 Å². The number of hydrogen-bond acceptors (Lipinski definition) is 5. The maximum atomic E-state index is 11.7. The third kappa shape index (κ3) is 5.09. The van der Waals surface area contributed by atoms with E-state index < -0.39 is 17.8 Å². The summed E-state index contributed by atoms with van der Waals surface area (Å²) in [6.07, 6.45) is -0.627. The number of carboxylic acid groups (broad SMARTS) is 1. The van der Waals surface area contributed by atoms with Gasteiger partial charge < -0.3 is 15.2 Å². The van der Waals surface area contributed by atoms with Crippen LogP contribution in [0, 0.1) is 0 Å². The van der Waals surface area contributed by atoms with E-state index in [1.54, 1.807) is 25.3 Å². The quantitative estimate of drug-likeness (QED) is 0.781. The fourth-order valence-corrected chi connectivity index (χ4v) is 2.05. The molecule has 0 radical (unpaired) electrons. The van der Waals surface area contributed by atoms with E-state index in [4.69, 9.17) is 9.84 Å². The molecule has 19 heavy (non-hydrogen) atoms. The normalized spacial score (nSPS) is 10.3. The van der Waals surface area contributed by atoms with E-state index in [1.807, 2.05) is 0 Å². The van der Waals surface area contributed by atoms with Crippen LogP contribution < -0.4 is 5.32 Å². The van der Waals surface area contributed by atoms with Gasteiger partial charge in [0.1, 0.15) is 5.00 Å². The van der Waals surface area contributed by atoms with Gasteiger partial charge in [0.2, 0.25) is 5.91 Å². The molecule has 1 aromatic rings. The average molecular weight is 285 g/mol. The maximum Gasteiger partial charge on any atom is 0.341 e. The molecule has 1 amide bonds. The second kappa shape index (κ2) is 6.89. The second-order valence-corrected chi connectivity index (χ2v) is 4.98. The summed E-state index contributed by atoms with van der Waals surface area (Å²) in [5.74, 6) is -1.99. The molecule has 1 heterocycles. The van der Waals surface area contributed by atoms with Gasteiger partial charge in [0.15, 0.2) is 0 Å². The van der Waals surface area contributed by atoms with Crippen molar-refractivity contribution in [2.24, 2.45) is 0 Å². The molecule has 0 aromatic carbocycles. The van der Waals surface area contributed by atoms with Gasteiger partial charge in [-0.1, -0.05) is 0 Å². The van der Waals surface area contributed by atoms with Gasteiger partial charge in [0, 0.05) is 6.42 Å². The van der Waals surface area contributed by atoms with E-state index >= 15 is 0 Å². The Labute approximate surface area is 114 Å². The highest BCUT2D eigenvalue weighted by atomic mass is 32.1. The first-order valence-electron chi connectivity index (χ1n) is 5.70. The molecular weight excluding hydrogens is 270 g/mol. The standard InChI is InChI=1S/C12H15NO5S/c1-7(2)18-12(17)8-5-6-19-11(8)13-9(14)3-4-10(15)16/h5-7H,3-4H2,1-2H3,(H,13,14)(H,15,16). The van der Waals surface area contributed by atoms with E-state index in [0.29, 0.717) is 5.00 Å². The van der Waals surface area contributed by atoms with Crippen molar-refractivity contribution in [3.05, 3.63) is 17.0 Å². The molecular formula is C12H15NO5S. The van der Waals surface area contributed by atoms with Crippen LogP contribution in [0.15, 0.2) is 11.4 Å². The summed E-state index contributed by atoms with van der Waals surface area (Å²) in [5.41, 5.74) is 0.280. The minimum absolute atomic E-state index is 0.133. The summed E-state index contributed by atoms with van der Waals surface area (Å²) in [4.78, 5) is 33.6. The lowest BCUT2D eigenvalue weighted by Gasteiger charge is -2.09. The lowest BCUT2D eigenvalue weighted by molar-refractivity contribution is -0.138. The topological polar surface area (TPSA) is 92.7 Å². The summed E-state index contributed by atoms with van der Waals surface area (Å²) >= 11 is 1.19. The van der Waals surface area contributed by atoms with E-state index in [0.717, 1.165) is 0 Å². The van der Waals surface area contributed by atoms with Crippen LogP contribution in [0.5, 0.6) is 0 Å². The SMILES string of the molecule is CC(C)OC(=O)c1ccsc1NC(=O)CCC(=O)O. The minimum Gasteiger partial charge on any atom is -0.481 e. The Balaban J connectivity index is 2.64. The maximum absolute atomic E-state index is 11.7. The summed E-state index contributed by atoms with van der Waals surface area (Å²) in [7, 11) is 0. The third-order valence-electron chi connectivity index (χ3n) is 2.05. The predicted molar refractivity (Wildman–Crippen MR) is 70.4 cm³/mol. The molecule has 1 aromatic heterocycles. The predicted octanol–water partition coefficient (Wildman–Crippen LogP) is 2.12. The average Bonchev–Trinajstić information content (AvgIpc) is 2.73. The van der Waals surface area contributed by atoms with Crippen molar-refractivity contribution >= 4 is 34.2 Å². The van der Waals surface area contributed by atoms with Gasteiger partial charge >= 0.3 is 11.9 Å². The van der Waals surface area contributed by atoms with Gasteiger partial charge in [-0.15, -0.1) is 11.3 Å². The number of esters is 1. The van der Waals surface area contributed by atoms with Crippen LogP contribution in [0.4, 0.5) is 5.00 Å². The van der Waals surface area contributed by atoms with Crippen LogP contribution in [0.25, 0.3) is 0 Å². The van der Waals surface area contributed by atoms with E-state index in [9.17, 15) is 14.4 Å². The Morgan fingerprint density at radius 3 is 2.63 bits per heavy atom. The van der Waals surface area contributed by atoms with Crippen molar-refractivity contribution in [2.75, 3.05) is 5.32 Å². The number of aliphatic carboxylic acids is 1. The number of ether oxygens (including phenoxy) is 1. The minimum atomic E-state index is -1.04. The molecule has 2 N–H and O–H groups in total. The number of anilines is 1. The molecule has 0 saturated heterocycles. The Kier molecular flexibility index (Phi) is 5.50. The van der Waals surface area contributed by atoms with Gasteiger partial charge in [-0.05, 0) is 25.3 Å². The van der Waals surface area contributed by atoms with E-state index in [2.05, 4.69) is 5.32 Å². The monoisotopic (exact) mass is 285 g/mol. The summed E-state index contributed by atoms with van der Waals surface area (Å²) in [6.45, 7) is 3.46. The van der Waals surface area contributed by atoms with Crippen molar-refractivity contribution < 1.29 is 24.2 Å². The Morgan fingerprint density at radius 2 is 2.05 bits per heavy atom.